The average molecular weight is 410 g/mol. The Kier molecular flexibility index (Phi) is 6.25. The van der Waals surface area contributed by atoms with Crippen LogP contribution < -0.4 is 15.1 Å². The van der Waals surface area contributed by atoms with Gasteiger partial charge in [-0.15, -0.1) is 0 Å². The number of ether oxygens (including phenoxy) is 1. The zero-order valence-electron chi connectivity index (χ0n) is 18.1. The van der Waals surface area contributed by atoms with E-state index in [9.17, 15) is 9.18 Å². The third-order valence-corrected chi connectivity index (χ3v) is 5.26. The molecule has 0 saturated carbocycles. The lowest BCUT2D eigenvalue weighted by atomic mass is 9.88. The number of allylic oxidation sites excluding steroid dienone is 1. The maximum Gasteiger partial charge on any atom is 0.275 e. The van der Waals surface area contributed by atoms with E-state index in [1.807, 2.05) is 6.92 Å². The van der Waals surface area contributed by atoms with Gasteiger partial charge in [0, 0.05) is 23.4 Å². The minimum Gasteiger partial charge on any atom is -0.496 e. The Morgan fingerprint density at radius 3 is 2.73 bits per heavy atom. The first-order valence-electron chi connectivity index (χ1n) is 10.1. The molecule has 30 heavy (non-hydrogen) atoms. The van der Waals surface area contributed by atoms with Gasteiger partial charge in [-0.05, 0) is 57.0 Å². The van der Waals surface area contributed by atoms with Gasteiger partial charge in [-0.1, -0.05) is 25.1 Å². The predicted octanol–water partition coefficient (Wildman–Crippen LogP) is 5.01. The summed E-state index contributed by atoms with van der Waals surface area (Å²) in [5, 5.41) is 3.96. The number of methoxy groups -OCH3 is 1. The molecule has 2 aromatic rings. The molecular formula is C24H28FN3O2. The Bertz CT molecular complexity index is 1010. The van der Waals surface area contributed by atoms with E-state index in [1.165, 1.54) is 13.3 Å². The molecule has 1 amide bonds. The highest BCUT2D eigenvalue weighted by Crippen LogP contribution is 2.39. The summed E-state index contributed by atoms with van der Waals surface area (Å²) in [6.07, 6.45) is 4.50. The fraction of sp³-hybridized carbons (Fsp3) is 0.333. The monoisotopic (exact) mass is 409 g/mol. The van der Waals surface area contributed by atoms with Crippen molar-refractivity contribution in [3.8, 4) is 5.75 Å². The quantitative estimate of drug-likeness (QED) is 0.539. The van der Waals surface area contributed by atoms with E-state index in [2.05, 4.69) is 42.3 Å². The Labute approximate surface area is 177 Å². The molecule has 0 atom stereocenters. The summed E-state index contributed by atoms with van der Waals surface area (Å²) in [5.74, 6) is -0.353. The second-order valence-corrected chi connectivity index (χ2v) is 7.92. The Morgan fingerprint density at radius 1 is 1.30 bits per heavy atom. The molecule has 0 saturated heterocycles. The van der Waals surface area contributed by atoms with E-state index in [0.717, 1.165) is 29.8 Å². The van der Waals surface area contributed by atoms with Gasteiger partial charge in [0.25, 0.3) is 5.91 Å². The minimum atomic E-state index is -0.422. The summed E-state index contributed by atoms with van der Waals surface area (Å²) in [7, 11) is 1.50. The molecule has 0 fully saturated rings. The van der Waals surface area contributed by atoms with E-state index in [-0.39, 0.29) is 11.4 Å². The van der Waals surface area contributed by atoms with Gasteiger partial charge in [0.15, 0.2) is 0 Å². The van der Waals surface area contributed by atoms with Gasteiger partial charge in [-0.3, -0.25) is 4.79 Å². The molecular weight excluding hydrogens is 381 g/mol. The van der Waals surface area contributed by atoms with Crippen molar-refractivity contribution in [2.24, 2.45) is 5.10 Å². The minimum absolute atomic E-state index is 0.183. The van der Waals surface area contributed by atoms with Gasteiger partial charge < -0.3 is 9.64 Å². The number of hydrazone groups is 1. The molecule has 6 heteroatoms. The van der Waals surface area contributed by atoms with E-state index in [0.29, 0.717) is 16.9 Å². The Balaban J connectivity index is 1.86. The molecule has 1 aliphatic heterocycles. The molecule has 0 unspecified atom stereocenters. The molecule has 0 aromatic heterocycles. The number of rotatable bonds is 6. The SMILES string of the molecule is CCCN1c2cc(F)c(/C=N\NC(=O)c3ccccc3OC)cc2C(C)=CC1(C)C. The normalized spacial score (nSPS) is 15.0. The van der Waals surface area contributed by atoms with Gasteiger partial charge in [-0.2, -0.15) is 5.10 Å². The number of carbonyl (C=O) groups excluding carboxylic acids is 1. The smallest absolute Gasteiger partial charge is 0.275 e. The molecule has 0 spiro atoms. The molecule has 0 aliphatic carbocycles. The lowest BCUT2D eigenvalue weighted by molar-refractivity contribution is 0.0952. The average Bonchev–Trinajstić information content (AvgIpc) is 2.71. The molecule has 158 valence electrons. The van der Waals surface area contributed by atoms with Crippen LogP contribution in [0.5, 0.6) is 5.75 Å². The molecule has 0 bridgehead atoms. The van der Waals surface area contributed by atoms with Crippen molar-refractivity contribution in [1.29, 1.82) is 0 Å². The van der Waals surface area contributed by atoms with Crippen LogP contribution in [0.2, 0.25) is 0 Å². The standard InChI is InChI=1S/C24H28FN3O2/c1-6-11-28-21-13-20(25)17(12-19(21)16(2)14-24(28,3)4)15-26-27-23(29)18-9-7-8-10-22(18)30-5/h7-10,12-15H,6,11H2,1-5H3,(H,27,29)/b26-15-. The van der Waals surface area contributed by atoms with Crippen LogP contribution >= 0.6 is 0 Å². The first kappa shape index (κ1) is 21.6. The van der Waals surface area contributed by atoms with E-state index < -0.39 is 5.91 Å². The Morgan fingerprint density at radius 2 is 2.03 bits per heavy atom. The zero-order chi connectivity index (χ0) is 21.9. The van der Waals surface area contributed by atoms with Gasteiger partial charge >= 0.3 is 0 Å². The van der Waals surface area contributed by atoms with Crippen molar-refractivity contribution in [3.05, 3.63) is 65.0 Å². The highest BCUT2D eigenvalue weighted by molar-refractivity contribution is 5.97. The lowest BCUT2D eigenvalue weighted by Crippen LogP contribution is -2.45. The fourth-order valence-corrected chi connectivity index (χ4v) is 3.90. The summed E-state index contributed by atoms with van der Waals surface area (Å²) < 4.78 is 20.1. The van der Waals surface area contributed by atoms with E-state index in [1.54, 1.807) is 36.4 Å². The molecule has 5 nitrogen and oxygen atoms in total. The number of amides is 1. The van der Waals surface area contributed by atoms with Crippen molar-refractivity contribution in [3.63, 3.8) is 0 Å². The number of halogens is 1. The van der Waals surface area contributed by atoms with Crippen LogP contribution in [-0.4, -0.2) is 31.3 Å². The maximum atomic E-state index is 14.9. The van der Waals surface area contributed by atoms with Gasteiger partial charge in [0.1, 0.15) is 11.6 Å². The molecule has 3 rings (SSSR count). The number of benzene rings is 2. The van der Waals surface area contributed by atoms with Gasteiger partial charge in [0.2, 0.25) is 0 Å². The summed E-state index contributed by atoms with van der Waals surface area (Å²) in [6, 6.07) is 10.2. The van der Waals surface area contributed by atoms with Crippen molar-refractivity contribution in [2.45, 2.75) is 39.7 Å². The Hall–Kier alpha value is -3.15. The van der Waals surface area contributed by atoms with Crippen molar-refractivity contribution in [2.75, 3.05) is 18.6 Å². The maximum absolute atomic E-state index is 14.9. The summed E-state index contributed by atoms with van der Waals surface area (Å²) >= 11 is 0. The first-order valence-corrected chi connectivity index (χ1v) is 10.1. The zero-order valence-corrected chi connectivity index (χ0v) is 18.1. The highest BCUT2D eigenvalue weighted by atomic mass is 19.1. The van der Waals surface area contributed by atoms with Crippen LogP contribution in [0.4, 0.5) is 10.1 Å². The van der Waals surface area contributed by atoms with Crippen molar-refractivity contribution >= 4 is 23.4 Å². The molecule has 1 heterocycles. The number of nitrogens with zero attached hydrogens (tertiary/aromatic N) is 2. The molecule has 2 aromatic carbocycles. The fourth-order valence-electron chi connectivity index (χ4n) is 3.90. The van der Waals surface area contributed by atoms with Crippen LogP contribution in [0, 0.1) is 5.82 Å². The van der Waals surface area contributed by atoms with E-state index >= 15 is 0 Å². The topological polar surface area (TPSA) is 53.9 Å². The number of para-hydroxylation sites is 1. The predicted molar refractivity (Wildman–Crippen MR) is 120 cm³/mol. The van der Waals surface area contributed by atoms with Crippen molar-refractivity contribution in [1.82, 2.24) is 5.43 Å². The number of hydrogen-bond donors (Lipinski definition) is 1. The summed E-state index contributed by atoms with van der Waals surface area (Å²) in [4.78, 5) is 14.6. The van der Waals surface area contributed by atoms with E-state index in [4.69, 9.17) is 4.74 Å². The number of hydrogen-bond acceptors (Lipinski definition) is 4. The lowest BCUT2D eigenvalue weighted by Gasteiger charge is -2.43. The third-order valence-electron chi connectivity index (χ3n) is 5.26. The number of fused-ring (bicyclic) bond motifs is 1. The molecule has 0 radical (unpaired) electrons. The van der Waals surface area contributed by atoms with Crippen LogP contribution in [-0.2, 0) is 0 Å². The first-order chi connectivity index (χ1) is 14.3. The van der Waals surface area contributed by atoms with Crippen LogP contribution in [0.15, 0.2) is 47.6 Å². The molecule has 1 aliphatic rings. The summed E-state index contributed by atoms with van der Waals surface area (Å²) in [5.41, 5.74) is 5.89. The van der Waals surface area contributed by atoms with Crippen LogP contribution in [0.25, 0.3) is 5.57 Å². The van der Waals surface area contributed by atoms with Crippen LogP contribution in [0.1, 0.15) is 55.6 Å². The largest absolute Gasteiger partial charge is 0.496 e. The van der Waals surface area contributed by atoms with Crippen LogP contribution in [0.3, 0.4) is 0 Å². The third kappa shape index (κ3) is 4.22. The number of carbonyl (C=O) groups is 1. The summed E-state index contributed by atoms with van der Waals surface area (Å²) in [6.45, 7) is 9.26. The highest BCUT2D eigenvalue weighted by Gasteiger charge is 2.31. The number of anilines is 1. The number of nitrogens with one attached hydrogen (secondary N) is 1. The van der Waals surface area contributed by atoms with Gasteiger partial charge in [0.05, 0.1) is 24.4 Å². The van der Waals surface area contributed by atoms with Gasteiger partial charge in [-0.25, -0.2) is 9.82 Å². The molecule has 1 N–H and O–H groups in total. The second kappa shape index (κ2) is 8.69. The van der Waals surface area contributed by atoms with Crippen molar-refractivity contribution < 1.29 is 13.9 Å². The second-order valence-electron chi connectivity index (χ2n) is 7.92.